The van der Waals surface area contributed by atoms with Crippen molar-refractivity contribution in [3.05, 3.63) is 64.1 Å². The monoisotopic (exact) mass is 268 g/mol. The van der Waals surface area contributed by atoms with E-state index in [1.165, 1.54) is 17.8 Å². The van der Waals surface area contributed by atoms with Crippen LogP contribution in [0.2, 0.25) is 0 Å². The lowest BCUT2D eigenvalue weighted by atomic mass is 9.93. The Morgan fingerprint density at radius 3 is 2.90 bits per heavy atom. The second kappa shape index (κ2) is 4.96. The number of aromatic amines is 1. The molecule has 1 aliphatic heterocycles. The van der Waals surface area contributed by atoms with Gasteiger partial charge in [0.05, 0.1) is 0 Å². The number of para-hydroxylation sites is 1. The summed E-state index contributed by atoms with van der Waals surface area (Å²) in [5.41, 5.74) is 2.31. The smallest absolute Gasteiger partial charge is 0.258 e. The van der Waals surface area contributed by atoms with Crippen LogP contribution in [-0.2, 0) is 6.42 Å². The maximum atomic E-state index is 12.6. The first-order valence-electron chi connectivity index (χ1n) is 6.73. The Morgan fingerprint density at radius 1 is 1.30 bits per heavy atom. The summed E-state index contributed by atoms with van der Waals surface area (Å²) in [5, 5.41) is 0. The predicted octanol–water partition coefficient (Wildman–Crippen LogP) is 2.21. The number of pyridine rings is 1. The number of fused-ring (bicyclic) bond motifs is 1. The van der Waals surface area contributed by atoms with Gasteiger partial charge in [0.1, 0.15) is 0 Å². The van der Waals surface area contributed by atoms with Crippen molar-refractivity contribution in [2.24, 2.45) is 5.92 Å². The molecule has 0 radical (unpaired) electrons. The standard InChI is InChI=1S/C16H16N2O2/c1-11-8-12-4-2-3-5-14(12)18(10-11)16(20)13-6-7-17-15(19)9-13/h2-7,9,11H,8,10H2,1H3,(H,17,19). The van der Waals surface area contributed by atoms with Crippen LogP contribution in [0.3, 0.4) is 0 Å². The highest BCUT2D eigenvalue weighted by atomic mass is 16.2. The van der Waals surface area contributed by atoms with Gasteiger partial charge in [-0.15, -0.1) is 0 Å². The molecule has 1 aliphatic rings. The van der Waals surface area contributed by atoms with Crippen LogP contribution in [0.5, 0.6) is 0 Å². The van der Waals surface area contributed by atoms with Crippen LogP contribution in [0, 0.1) is 5.92 Å². The third-order valence-corrected chi connectivity index (χ3v) is 3.61. The van der Waals surface area contributed by atoms with Crippen LogP contribution in [0.15, 0.2) is 47.4 Å². The molecular weight excluding hydrogens is 252 g/mol. The topological polar surface area (TPSA) is 53.2 Å². The van der Waals surface area contributed by atoms with Crippen molar-refractivity contribution in [1.29, 1.82) is 0 Å². The van der Waals surface area contributed by atoms with Crippen molar-refractivity contribution in [2.75, 3.05) is 11.4 Å². The second-order valence-corrected chi connectivity index (χ2v) is 5.30. The minimum atomic E-state index is -0.255. The molecule has 1 atom stereocenters. The number of carbonyl (C=O) groups is 1. The number of carbonyl (C=O) groups excluding carboxylic acids is 1. The molecule has 0 saturated carbocycles. The molecule has 1 aromatic carbocycles. The Bertz CT molecular complexity index is 705. The lowest BCUT2D eigenvalue weighted by molar-refractivity contribution is 0.0981. The van der Waals surface area contributed by atoms with Crippen molar-refractivity contribution >= 4 is 11.6 Å². The summed E-state index contributed by atoms with van der Waals surface area (Å²) in [6.45, 7) is 2.82. The van der Waals surface area contributed by atoms with Gasteiger partial charge in [-0.3, -0.25) is 9.59 Å². The SMILES string of the molecule is CC1Cc2ccccc2N(C(=O)c2cc[nH]c(=O)c2)C1. The summed E-state index contributed by atoms with van der Waals surface area (Å²) < 4.78 is 0. The van der Waals surface area contributed by atoms with E-state index < -0.39 is 0 Å². The number of anilines is 1. The maximum Gasteiger partial charge on any atom is 0.258 e. The van der Waals surface area contributed by atoms with Gasteiger partial charge in [0, 0.05) is 30.1 Å². The molecule has 0 spiro atoms. The number of rotatable bonds is 1. The van der Waals surface area contributed by atoms with Crippen molar-refractivity contribution in [3.63, 3.8) is 0 Å². The fourth-order valence-electron chi connectivity index (χ4n) is 2.72. The molecule has 3 rings (SSSR count). The lowest BCUT2D eigenvalue weighted by Gasteiger charge is -2.33. The summed E-state index contributed by atoms with van der Waals surface area (Å²) >= 11 is 0. The van der Waals surface area contributed by atoms with Crippen LogP contribution in [0.1, 0.15) is 22.8 Å². The molecule has 1 N–H and O–H groups in total. The minimum absolute atomic E-state index is 0.116. The summed E-state index contributed by atoms with van der Waals surface area (Å²) in [7, 11) is 0. The van der Waals surface area contributed by atoms with Gasteiger partial charge in [-0.25, -0.2) is 0 Å². The van der Waals surface area contributed by atoms with Crippen molar-refractivity contribution in [3.8, 4) is 0 Å². The molecule has 2 heterocycles. The van der Waals surface area contributed by atoms with E-state index in [0.29, 0.717) is 18.0 Å². The quantitative estimate of drug-likeness (QED) is 0.862. The molecule has 1 unspecified atom stereocenters. The molecule has 102 valence electrons. The van der Waals surface area contributed by atoms with Gasteiger partial charge in [-0.2, -0.15) is 0 Å². The molecule has 2 aromatic rings. The van der Waals surface area contributed by atoms with Gasteiger partial charge in [0.15, 0.2) is 0 Å². The molecule has 0 bridgehead atoms. The van der Waals surface area contributed by atoms with E-state index >= 15 is 0 Å². The predicted molar refractivity (Wildman–Crippen MR) is 78.0 cm³/mol. The molecule has 0 saturated heterocycles. The number of benzene rings is 1. The minimum Gasteiger partial charge on any atom is -0.329 e. The first-order chi connectivity index (χ1) is 9.65. The van der Waals surface area contributed by atoms with Gasteiger partial charge in [0.25, 0.3) is 5.91 Å². The number of hydrogen-bond acceptors (Lipinski definition) is 2. The molecule has 0 fully saturated rings. The van der Waals surface area contributed by atoms with Crippen LogP contribution in [0.25, 0.3) is 0 Å². The fourth-order valence-corrected chi connectivity index (χ4v) is 2.72. The van der Waals surface area contributed by atoms with E-state index in [2.05, 4.69) is 18.0 Å². The number of nitrogens with one attached hydrogen (secondary N) is 1. The van der Waals surface area contributed by atoms with E-state index in [-0.39, 0.29) is 11.5 Å². The molecular formula is C16H16N2O2. The number of aromatic nitrogens is 1. The molecule has 1 amide bonds. The largest absolute Gasteiger partial charge is 0.329 e. The van der Waals surface area contributed by atoms with Crippen molar-refractivity contribution in [2.45, 2.75) is 13.3 Å². The number of H-pyrrole nitrogens is 1. The second-order valence-electron chi connectivity index (χ2n) is 5.30. The van der Waals surface area contributed by atoms with E-state index in [1.54, 1.807) is 11.0 Å². The van der Waals surface area contributed by atoms with Gasteiger partial charge >= 0.3 is 0 Å². The highest BCUT2D eigenvalue weighted by Crippen LogP contribution is 2.30. The first kappa shape index (κ1) is 12.7. The number of amides is 1. The zero-order chi connectivity index (χ0) is 14.1. The lowest BCUT2D eigenvalue weighted by Crippen LogP contribution is -2.39. The Kier molecular flexibility index (Phi) is 3.14. The van der Waals surface area contributed by atoms with Crippen LogP contribution in [-0.4, -0.2) is 17.4 Å². The van der Waals surface area contributed by atoms with Crippen LogP contribution < -0.4 is 10.5 Å². The average Bonchev–Trinajstić information content (AvgIpc) is 2.45. The Morgan fingerprint density at radius 2 is 2.10 bits per heavy atom. The van der Waals surface area contributed by atoms with Gasteiger partial charge in [-0.05, 0) is 30.0 Å². The Balaban J connectivity index is 2.02. The third kappa shape index (κ3) is 2.25. The third-order valence-electron chi connectivity index (χ3n) is 3.61. The zero-order valence-electron chi connectivity index (χ0n) is 11.3. The van der Waals surface area contributed by atoms with Crippen LogP contribution in [0.4, 0.5) is 5.69 Å². The molecule has 4 heteroatoms. The summed E-state index contributed by atoms with van der Waals surface area (Å²) in [5.74, 6) is 0.297. The first-order valence-corrected chi connectivity index (χ1v) is 6.73. The highest BCUT2D eigenvalue weighted by Gasteiger charge is 2.26. The summed E-state index contributed by atoms with van der Waals surface area (Å²) in [4.78, 5) is 28.3. The highest BCUT2D eigenvalue weighted by molar-refractivity contribution is 6.06. The molecule has 0 aliphatic carbocycles. The van der Waals surface area contributed by atoms with Crippen LogP contribution >= 0.6 is 0 Å². The van der Waals surface area contributed by atoms with Gasteiger partial charge in [0.2, 0.25) is 5.56 Å². The molecule has 4 nitrogen and oxygen atoms in total. The van der Waals surface area contributed by atoms with Gasteiger partial charge in [-0.1, -0.05) is 25.1 Å². The van der Waals surface area contributed by atoms with E-state index in [9.17, 15) is 9.59 Å². The van der Waals surface area contributed by atoms with Crippen molar-refractivity contribution in [1.82, 2.24) is 4.98 Å². The summed E-state index contributed by atoms with van der Waals surface area (Å²) in [6.07, 6.45) is 2.49. The van der Waals surface area contributed by atoms with Crippen molar-refractivity contribution < 1.29 is 4.79 Å². The van der Waals surface area contributed by atoms with Gasteiger partial charge < -0.3 is 9.88 Å². The van der Waals surface area contributed by atoms with E-state index in [0.717, 1.165) is 12.1 Å². The summed E-state index contributed by atoms with van der Waals surface area (Å²) in [6, 6.07) is 10.9. The Labute approximate surface area is 117 Å². The fraction of sp³-hybridized carbons (Fsp3) is 0.250. The number of hydrogen-bond donors (Lipinski definition) is 1. The van der Waals surface area contributed by atoms with E-state index in [4.69, 9.17) is 0 Å². The normalized spacial score (nSPS) is 17.6. The number of nitrogens with zero attached hydrogens (tertiary/aromatic N) is 1. The maximum absolute atomic E-state index is 12.6. The Hall–Kier alpha value is -2.36. The molecule has 20 heavy (non-hydrogen) atoms. The zero-order valence-corrected chi connectivity index (χ0v) is 11.3. The molecule has 1 aromatic heterocycles. The average molecular weight is 268 g/mol. The van der Waals surface area contributed by atoms with E-state index in [1.807, 2.05) is 18.2 Å².